The number of thiazole rings is 1. The van der Waals surface area contributed by atoms with Crippen molar-refractivity contribution in [2.45, 2.75) is 31.8 Å². The molecule has 2 bridgehead atoms. The van der Waals surface area contributed by atoms with Gasteiger partial charge in [-0.15, -0.1) is 0 Å². The summed E-state index contributed by atoms with van der Waals surface area (Å²) in [6, 6.07) is 8.51. The van der Waals surface area contributed by atoms with Crippen LogP contribution in [0.3, 0.4) is 0 Å². The highest BCUT2D eigenvalue weighted by atomic mass is 32.1. The van der Waals surface area contributed by atoms with Gasteiger partial charge in [-0.1, -0.05) is 11.3 Å². The first-order chi connectivity index (χ1) is 15.1. The molecule has 0 radical (unpaired) electrons. The van der Waals surface area contributed by atoms with E-state index in [0.29, 0.717) is 35.3 Å². The Labute approximate surface area is 184 Å². The third-order valence-corrected chi connectivity index (χ3v) is 6.45. The van der Waals surface area contributed by atoms with E-state index in [-0.39, 0.29) is 5.91 Å². The molecule has 2 saturated heterocycles. The summed E-state index contributed by atoms with van der Waals surface area (Å²) in [6.45, 7) is 4.82. The summed E-state index contributed by atoms with van der Waals surface area (Å²) in [5.74, 6) is 1.50. The Hall–Kier alpha value is -2.82. The van der Waals surface area contributed by atoms with Gasteiger partial charge in [0.1, 0.15) is 18.1 Å². The van der Waals surface area contributed by atoms with E-state index in [9.17, 15) is 4.79 Å². The van der Waals surface area contributed by atoms with Crippen LogP contribution in [0.4, 0.5) is 0 Å². The molecule has 31 heavy (non-hydrogen) atoms. The third-order valence-electron chi connectivity index (χ3n) is 5.62. The summed E-state index contributed by atoms with van der Waals surface area (Å²) in [7, 11) is 0. The van der Waals surface area contributed by atoms with Crippen molar-refractivity contribution >= 4 is 27.7 Å². The smallest absolute Gasteiger partial charge is 0.282 e. The van der Waals surface area contributed by atoms with Crippen molar-refractivity contribution in [2.24, 2.45) is 0 Å². The predicted octanol–water partition coefficient (Wildman–Crippen LogP) is 2.46. The van der Waals surface area contributed by atoms with Gasteiger partial charge >= 0.3 is 0 Å². The Morgan fingerprint density at radius 1 is 1.13 bits per heavy atom. The summed E-state index contributed by atoms with van der Waals surface area (Å²) < 4.78 is 11.8. The molecule has 2 aliphatic heterocycles. The van der Waals surface area contributed by atoms with Crippen LogP contribution in [0.2, 0.25) is 0 Å². The van der Waals surface area contributed by atoms with Crippen LogP contribution in [0.1, 0.15) is 19.8 Å². The van der Waals surface area contributed by atoms with Gasteiger partial charge in [0.2, 0.25) is 5.91 Å². The number of fused-ring (bicyclic) bond motifs is 3. The Morgan fingerprint density at radius 2 is 1.84 bits per heavy atom. The maximum Gasteiger partial charge on any atom is 0.282 e. The minimum absolute atomic E-state index is 0.0000718. The number of piperazine rings is 1. The molecule has 0 aliphatic carbocycles. The van der Waals surface area contributed by atoms with Crippen LogP contribution in [-0.4, -0.2) is 69.1 Å². The number of aromatic nitrogens is 3. The molecule has 2 aliphatic rings. The first-order valence-corrected chi connectivity index (χ1v) is 11.2. The van der Waals surface area contributed by atoms with E-state index < -0.39 is 0 Å². The lowest BCUT2D eigenvalue weighted by Gasteiger charge is -2.40. The van der Waals surface area contributed by atoms with Gasteiger partial charge in [-0.3, -0.25) is 15.1 Å². The molecular formula is C21H24N6O3S. The molecule has 1 amide bonds. The van der Waals surface area contributed by atoms with E-state index in [4.69, 9.17) is 9.47 Å². The molecule has 5 rings (SSSR count). The maximum absolute atomic E-state index is 11.3. The number of benzene rings is 1. The van der Waals surface area contributed by atoms with Gasteiger partial charge in [-0.2, -0.15) is 4.98 Å². The molecular weight excluding hydrogens is 416 g/mol. The topological polar surface area (TPSA) is 92.7 Å². The Kier molecular flexibility index (Phi) is 5.66. The first kappa shape index (κ1) is 20.1. The molecule has 162 valence electrons. The van der Waals surface area contributed by atoms with Crippen molar-refractivity contribution in [1.29, 1.82) is 0 Å². The normalized spacial score (nSPS) is 21.3. The first-order valence-electron chi connectivity index (χ1n) is 10.4. The van der Waals surface area contributed by atoms with Gasteiger partial charge in [-0.05, 0) is 37.1 Å². The summed E-state index contributed by atoms with van der Waals surface area (Å²) in [6.07, 6.45) is 5.60. The van der Waals surface area contributed by atoms with Crippen LogP contribution in [0.25, 0.3) is 10.5 Å². The lowest BCUT2D eigenvalue weighted by atomic mass is 10.2. The number of nitrogens with one attached hydrogen (secondary N) is 1. The lowest BCUT2D eigenvalue weighted by molar-refractivity contribution is -0.125. The number of rotatable bonds is 7. The fourth-order valence-corrected chi connectivity index (χ4v) is 5.08. The summed E-state index contributed by atoms with van der Waals surface area (Å²) >= 11 is 1.37. The second-order valence-electron chi connectivity index (χ2n) is 7.78. The zero-order valence-corrected chi connectivity index (χ0v) is 18.0. The number of nitrogens with zero attached hydrogens (tertiary/aromatic N) is 5. The summed E-state index contributed by atoms with van der Waals surface area (Å²) in [4.78, 5) is 27.3. The largest absolute Gasteiger partial charge is 0.492 e. The standard InChI is InChI=1S/C21H24N6O3S/c1-14(28)25-26-12-15-2-3-16(13-26)27(15)10-11-29-17-4-6-18(7-5-17)30-21-24-19-20(31-21)23-9-8-22-19/h4-9,15-16H,2-3,10-13H2,1H3,(H,25,28)/t15-,16+. The molecule has 2 aromatic heterocycles. The van der Waals surface area contributed by atoms with Crippen LogP contribution in [-0.2, 0) is 4.79 Å². The molecule has 1 N–H and O–H groups in total. The van der Waals surface area contributed by atoms with Gasteiger partial charge < -0.3 is 9.47 Å². The zero-order valence-electron chi connectivity index (χ0n) is 17.2. The van der Waals surface area contributed by atoms with E-state index in [1.807, 2.05) is 24.3 Å². The van der Waals surface area contributed by atoms with Crippen LogP contribution in [0.15, 0.2) is 36.7 Å². The molecule has 10 heteroatoms. The molecule has 9 nitrogen and oxygen atoms in total. The van der Waals surface area contributed by atoms with E-state index in [2.05, 4.69) is 30.3 Å². The van der Waals surface area contributed by atoms with Crippen LogP contribution >= 0.6 is 11.3 Å². The average molecular weight is 441 g/mol. The van der Waals surface area contributed by atoms with Crippen LogP contribution in [0.5, 0.6) is 16.7 Å². The molecule has 0 saturated carbocycles. The number of carbonyl (C=O) groups excluding carboxylic acids is 1. The lowest BCUT2D eigenvalue weighted by Crippen LogP contribution is -2.59. The van der Waals surface area contributed by atoms with Crippen LogP contribution in [0, 0.1) is 0 Å². The number of amides is 1. The molecule has 3 aromatic rings. The second-order valence-corrected chi connectivity index (χ2v) is 8.72. The predicted molar refractivity (Wildman–Crippen MR) is 116 cm³/mol. The van der Waals surface area contributed by atoms with Crippen LogP contribution < -0.4 is 14.9 Å². The Balaban J connectivity index is 1.11. The summed E-state index contributed by atoms with van der Waals surface area (Å²) in [5, 5.41) is 2.57. The number of hydrogen-bond acceptors (Lipinski definition) is 9. The highest BCUT2D eigenvalue weighted by Gasteiger charge is 2.39. The highest BCUT2D eigenvalue weighted by molar-refractivity contribution is 7.19. The molecule has 4 heterocycles. The Bertz CT molecular complexity index is 1010. The number of carbonyl (C=O) groups is 1. The molecule has 1 aromatic carbocycles. The van der Waals surface area contributed by atoms with Gasteiger partial charge in [0.25, 0.3) is 5.19 Å². The molecule has 0 spiro atoms. The minimum atomic E-state index is 0.0000718. The van der Waals surface area contributed by atoms with Crippen molar-refractivity contribution < 1.29 is 14.3 Å². The summed E-state index contributed by atoms with van der Waals surface area (Å²) in [5.41, 5.74) is 3.52. The number of hydrogen-bond donors (Lipinski definition) is 1. The fraction of sp³-hybridized carbons (Fsp3) is 0.429. The van der Waals surface area contributed by atoms with E-state index >= 15 is 0 Å². The van der Waals surface area contributed by atoms with Crippen molar-refractivity contribution in [3.8, 4) is 16.7 Å². The van der Waals surface area contributed by atoms with Crippen molar-refractivity contribution in [2.75, 3.05) is 26.2 Å². The third kappa shape index (κ3) is 4.60. The number of ether oxygens (including phenoxy) is 2. The molecule has 0 unspecified atom stereocenters. The SMILES string of the molecule is CC(=O)NN1C[C@H]2CC[C@@H](C1)N2CCOc1ccc(Oc2nc3nccnc3s2)cc1. The molecule has 2 fully saturated rings. The average Bonchev–Trinajstić information content (AvgIpc) is 3.26. The van der Waals surface area contributed by atoms with Crippen molar-refractivity contribution in [3.05, 3.63) is 36.7 Å². The Morgan fingerprint density at radius 3 is 2.55 bits per heavy atom. The zero-order chi connectivity index (χ0) is 21.2. The van der Waals surface area contributed by atoms with E-state index in [1.165, 1.54) is 24.2 Å². The van der Waals surface area contributed by atoms with E-state index in [0.717, 1.165) is 30.2 Å². The van der Waals surface area contributed by atoms with Crippen molar-refractivity contribution in [1.82, 2.24) is 30.3 Å². The number of hydrazine groups is 1. The maximum atomic E-state index is 11.3. The second kappa shape index (κ2) is 8.74. The quantitative estimate of drug-likeness (QED) is 0.599. The minimum Gasteiger partial charge on any atom is -0.492 e. The van der Waals surface area contributed by atoms with Gasteiger partial charge in [-0.25, -0.2) is 15.0 Å². The van der Waals surface area contributed by atoms with Gasteiger partial charge in [0.05, 0.1) is 0 Å². The monoisotopic (exact) mass is 440 g/mol. The highest BCUT2D eigenvalue weighted by Crippen LogP contribution is 2.31. The van der Waals surface area contributed by atoms with Crippen molar-refractivity contribution in [3.63, 3.8) is 0 Å². The van der Waals surface area contributed by atoms with Gasteiger partial charge in [0, 0.05) is 51.0 Å². The molecule has 2 atom stereocenters. The fourth-order valence-electron chi connectivity index (χ4n) is 4.35. The van der Waals surface area contributed by atoms with Gasteiger partial charge in [0.15, 0.2) is 10.5 Å². The van der Waals surface area contributed by atoms with E-state index in [1.54, 1.807) is 19.3 Å².